The number of benzene rings is 1. The first kappa shape index (κ1) is 25.7. The van der Waals surface area contributed by atoms with E-state index >= 15 is 0 Å². The van der Waals surface area contributed by atoms with Crippen LogP contribution in [0.4, 0.5) is 5.82 Å². The molecule has 1 saturated heterocycles. The second kappa shape index (κ2) is 13.7. The van der Waals surface area contributed by atoms with Gasteiger partial charge in [0.15, 0.2) is 0 Å². The zero-order chi connectivity index (χ0) is 24.2. The number of carbonyl (C=O) groups is 2. The van der Waals surface area contributed by atoms with Crippen molar-refractivity contribution in [1.29, 1.82) is 0 Å². The SMILES string of the molecule is CCCc1ccc2c(n1)NCCC2.O=CN1CCC(CCC(CC(=O)O)c2ccccc2)CC1. The number of piperidine rings is 1. The molecule has 6 nitrogen and oxygen atoms in total. The molecule has 0 saturated carbocycles. The molecule has 2 N–H and O–H groups in total. The Bertz CT molecular complexity index is 895. The Kier molecular flexibility index (Phi) is 10.4. The molecule has 0 bridgehead atoms. The van der Waals surface area contributed by atoms with Gasteiger partial charge < -0.3 is 15.3 Å². The highest BCUT2D eigenvalue weighted by Crippen LogP contribution is 2.30. The summed E-state index contributed by atoms with van der Waals surface area (Å²) in [5.41, 5.74) is 3.71. The summed E-state index contributed by atoms with van der Waals surface area (Å²) in [5, 5.41) is 12.5. The molecular weight excluding hydrogens is 426 g/mol. The van der Waals surface area contributed by atoms with Gasteiger partial charge in [0.1, 0.15) is 5.82 Å². The topological polar surface area (TPSA) is 82.5 Å². The highest BCUT2D eigenvalue weighted by molar-refractivity contribution is 5.68. The highest BCUT2D eigenvalue weighted by Gasteiger charge is 2.21. The van der Waals surface area contributed by atoms with E-state index in [2.05, 4.69) is 29.4 Å². The Hall–Kier alpha value is -2.89. The first-order valence-electron chi connectivity index (χ1n) is 12.8. The summed E-state index contributed by atoms with van der Waals surface area (Å²) in [6, 6.07) is 14.3. The van der Waals surface area contributed by atoms with Crippen LogP contribution in [0.15, 0.2) is 42.5 Å². The monoisotopic (exact) mass is 465 g/mol. The molecule has 0 aliphatic carbocycles. The molecule has 1 aromatic heterocycles. The summed E-state index contributed by atoms with van der Waals surface area (Å²) in [7, 11) is 0. The normalized spacial score (nSPS) is 16.4. The molecule has 4 rings (SSSR count). The fourth-order valence-electron chi connectivity index (χ4n) is 4.87. The average molecular weight is 466 g/mol. The van der Waals surface area contributed by atoms with Crippen LogP contribution in [-0.2, 0) is 22.4 Å². The summed E-state index contributed by atoms with van der Waals surface area (Å²) in [6.07, 6.45) is 9.82. The van der Waals surface area contributed by atoms with E-state index in [1.807, 2.05) is 35.2 Å². The number of pyridine rings is 1. The number of amides is 1. The number of aliphatic carboxylic acids is 1. The quantitative estimate of drug-likeness (QED) is 0.492. The van der Waals surface area contributed by atoms with E-state index < -0.39 is 5.97 Å². The molecule has 6 heteroatoms. The molecule has 2 aromatic rings. The van der Waals surface area contributed by atoms with Crippen molar-refractivity contribution < 1.29 is 14.7 Å². The van der Waals surface area contributed by atoms with Crippen LogP contribution in [0, 0.1) is 5.92 Å². The Morgan fingerprint density at radius 3 is 2.65 bits per heavy atom. The third-order valence-corrected chi connectivity index (χ3v) is 6.87. The molecule has 1 unspecified atom stereocenters. The Morgan fingerprint density at radius 2 is 1.97 bits per heavy atom. The number of fused-ring (bicyclic) bond motifs is 1. The van der Waals surface area contributed by atoms with Gasteiger partial charge in [0.05, 0.1) is 6.42 Å². The van der Waals surface area contributed by atoms with Crippen LogP contribution in [-0.4, -0.2) is 47.0 Å². The Balaban J connectivity index is 0.000000212. The van der Waals surface area contributed by atoms with Crippen molar-refractivity contribution in [2.24, 2.45) is 5.92 Å². The van der Waals surface area contributed by atoms with Crippen molar-refractivity contribution in [3.63, 3.8) is 0 Å². The lowest BCUT2D eigenvalue weighted by atomic mass is 9.85. The molecule has 184 valence electrons. The van der Waals surface area contributed by atoms with Crippen LogP contribution in [0.25, 0.3) is 0 Å². The van der Waals surface area contributed by atoms with Gasteiger partial charge in [-0.05, 0) is 74.0 Å². The van der Waals surface area contributed by atoms with Crippen molar-refractivity contribution in [2.75, 3.05) is 25.0 Å². The zero-order valence-electron chi connectivity index (χ0n) is 20.4. The maximum atomic E-state index is 11.1. The molecule has 2 aliphatic rings. The molecular formula is C28H39N3O3. The Labute approximate surface area is 203 Å². The summed E-state index contributed by atoms with van der Waals surface area (Å²) >= 11 is 0. The van der Waals surface area contributed by atoms with Crippen LogP contribution in [0.2, 0.25) is 0 Å². The van der Waals surface area contributed by atoms with Gasteiger partial charge >= 0.3 is 5.97 Å². The number of carboxylic acids is 1. The van der Waals surface area contributed by atoms with Crippen LogP contribution in [0.3, 0.4) is 0 Å². The molecule has 1 aromatic carbocycles. The first-order chi connectivity index (χ1) is 16.6. The third kappa shape index (κ3) is 8.15. The van der Waals surface area contributed by atoms with Crippen molar-refractivity contribution >= 4 is 18.2 Å². The van der Waals surface area contributed by atoms with Gasteiger partial charge in [-0.15, -0.1) is 0 Å². The number of hydrogen-bond donors (Lipinski definition) is 2. The van der Waals surface area contributed by atoms with Gasteiger partial charge in [-0.3, -0.25) is 9.59 Å². The molecule has 2 aliphatic heterocycles. The fraction of sp³-hybridized carbons (Fsp3) is 0.536. The van der Waals surface area contributed by atoms with E-state index in [1.165, 1.54) is 30.5 Å². The average Bonchev–Trinajstić information content (AvgIpc) is 2.88. The lowest BCUT2D eigenvalue weighted by Crippen LogP contribution is -2.32. The second-order valence-corrected chi connectivity index (χ2v) is 9.46. The maximum absolute atomic E-state index is 11.1. The lowest BCUT2D eigenvalue weighted by molar-refractivity contribution is -0.137. The minimum atomic E-state index is -0.736. The number of aromatic nitrogens is 1. The van der Waals surface area contributed by atoms with Gasteiger partial charge in [-0.25, -0.2) is 4.98 Å². The molecule has 1 fully saturated rings. The largest absolute Gasteiger partial charge is 0.481 e. The van der Waals surface area contributed by atoms with E-state index in [0.29, 0.717) is 5.92 Å². The van der Waals surface area contributed by atoms with Crippen molar-refractivity contribution in [3.8, 4) is 0 Å². The highest BCUT2D eigenvalue weighted by atomic mass is 16.4. The number of anilines is 1. The van der Waals surface area contributed by atoms with Gasteiger partial charge in [0.2, 0.25) is 6.41 Å². The number of nitrogens with one attached hydrogen (secondary N) is 1. The van der Waals surface area contributed by atoms with Gasteiger partial charge in [0.25, 0.3) is 0 Å². The number of rotatable bonds is 9. The second-order valence-electron chi connectivity index (χ2n) is 9.46. The van der Waals surface area contributed by atoms with E-state index in [4.69, 9.17) is 5.11 Å². The number of carboxylic acid groups (broad SMARTS) is 1. The minimum absolute atomic E-state index is 0.0906. The number of carbonyl (C=O) groups excluding carboxylic acids is 1. The van der Waals surface area contributed by atoms with Crippen molar-refractivity contribution in [2.45, 2.75) is 70.6 Å². The first-order valence-corrected chi connectivity index (χ1v) is 12.8. The summed E-state index contributed by atoms with van der Waals surface area (Å²) in [5.74, 6) is 1.09. The number of aryl methyl sites for hydroxylation is 2. The predicted molar refractivity (Wildman–Crippen MR) is 136 cm³/mol. The van der Waals surface area contributed by atoms with E-state index in [-0.39, 0.29) is 12.3 Å². The van der Waals surface area contributed by atoms with Crippen molar-refractivity contribution in [1.82, 2.24) is 9.88 Å². The standard InChI is InChI=1S/C17H23NO3.C11H16N2/c19-13-18-10-8-14(9-11-18)6-7-16(12-17(20)21)15-4-2-1-3-5-15;1-2-4-10-7-6-9-5-3-8-12-11(9)13-10/h1-5,13-14,16H,6-12H2,(H,20,21);6-7H,2-5,8H2,1H3,(H,12,13). The number of likely N-dealkylation sites (tertiary alicyclic amines) is 1. The van der Waals surface area contributed by atoms with Crippen LogP contribution < -0.4 is 5.32 Å². The molecule has 34 heavy (non-hydrogen) atoms. The lowest BCUT2D eigenvalue weighted by Gasteiger charge is -2.30. The summed E-state index contributed by atoms with van der Waals surface area (Å²) in [6.45, 7) is 4.94. The number of nitrogens with zero attached hydrogens (tertiary/aromatic N) is 2. The summed E-state index contributed by atoms with van der Waals surface area (Å²) in [4.78, 5) is 28.2. The molecule has 1 atom stereocenters. The smallest absolute Gasteiger partial charge is 0.303 e. The van der Waals surface area contributed by atoms with Crippen LogP contribution in [0.5, 0.6) is 0 Å². The van der Waals surface area contributed by atoms with Crippen LogP contribution >= 0.6 is 0 Å². The van der Waals surface area contributed by atoms with Gasteiger partial charge in [-0.2, -0.15) is 0 Å². The Morgan fingerprint density at radius 1 is 1.21 bits per heavy atom. The van der Waals surface area contributed by atoms with Crippen molar-refractivity contribution in [3.05, 3.63) is 59.3 Å². The minimum Gasteiger partial charge on any atom is -0.481 e. The van der Waals surface area contributed by atoms with E-state index in [1.54, 1.807) is 0 Å². The molecule has 0 spiro atoms. The summed E-state index contributed by atoms with van der Waals surface area (Å²) < 4.78 is 0. The molecule has 1 amide bonds. The van der Waals surface area contributed by atoms with Crippen LogP contribution in [0.1, 0.15) is 74.6 Å². The van der Waals surface area contributed by atoms with E-state index in [0.717, 1.165) is 69.5 Å². The third-order valence-electron chi connectivity index (χ3n) is 6.87. The van der Waals surface area contributed by atoms with Gasteiger partial charge in [-0.1, -0.05) is 49.7 Å². The fourth-order valence-corrected chi connectivity index (χ4v) is 4.87. The zero-order valence-corrected chi connectivity index (χ0v) is 20.4. The predicted octanol–water partition coefficient (Wildman–Crippen LogP) is 5.29. The van der Waals surface area contributed by atoms with Gasteiger partial charge in [0, 0.05) is 25.3 Å². The molecule has 0 radical (unpaired) electrons. The van der Waals surface area contributed by atoms with E-state index in [9.17, 15) is 9.59 Å². The maximum Gasteiger partial charge on any atom is 0.303 e. The number of hydrogen-bond acceptors (Lipinski definition) is 4. The molecule has 3 heterocycles.